The Morgan fingerprint density at radius 1 is 1.34 bits per heavy atom. The number of para-hydroxylation sites is 1. The number of fused-ring (bicyclic) bond motifs is 1. The van der Waals surface area contributed by atoms with E-state index in [4.69, 9.17) is 38.4 Å². The van der Waals surface area contributed by atoms with E-state index in [1.54, 1.807) is 24.3 Å². The Labute approximate surface area is 230 Å². The fourth-order valence-electron chi connectivity index (χ4n) is 3.60. The normalized spacial score (nSPS) is 16.7. The van der Waals surface area contributed by atoms with E-state index in [9.17, 15) is 15.2 Å². The van der Waals surface area contributed by atoms with Crippen LogP contribution in [0.5, 0.6) is 11.5 Å². The van der Waals surface area contributed by atoms with Crippen molar-refractivity contribution in [3.63, 3.8) is 0 Å². The van der Waals surface area contributed by atoms with Crippen LogP contribution in [0.1, 0.15) is 19.4 Å². The quantitative estimate of drug-likeness (QED) is 0.172. The SMILES string of the molecule is CC(C)NCC(O)COc1cccc2c1OCC(O[N+](=O)[O-])C2.Nc1cc(Cl)c(NC2=NCCN2)c(Cl)c1. The van der Waals surface area contributed by atoms with Gasteiger partial charge in [-0.15, -0.1) is 10.1 Å². The average Bonchev–Trinajstić information content (AvgIpc) is 3.37. The first kappa shape index (κ1) is 29.4. The molecule has 2 aliphatic rings. The van der Waals surface area contributed by atoms with Gasteiger partial charge in [-0.2, -0.15) is 0 Å². The minimum absolute atomic E-state index is 0.0891. The number of nitrogens with two attached hydrogens (primary N) is 1. The lowest BCUT2D eigenvalue weighted by Gasteiger charge is -2.25. The lowest BCUT2D eigenvalue weighted by molar-refractivity contribution is -0.769. The zero-order chi connectivity index (χ0) is 27.7. The highest BCUT2D eigenvalue weighted by Gasteiger charge is 2.25. The number of benzene rings is 2. The van der Waals surface area contributed by atoms with Crippen molar-refractivity contribution in [1.29, 1.82) is 0 Å². The van der Waals surface area contributed by atoms with Crippen molar-refractivity contribution in [3.8, 4) is 11.5 Å². The zero-order valence-electron chi connectivity index (χ0n) is 21.1. The molecule has 0 spiro atoms. The van der Waals surface area contributed by atoms with Gasteiger partial charge in [0.15, 0.2) is 17.5 Å². The van der Waals surface area contributed by atoms with E-state index in [1.807, 2.05) is 19.9 Å². The second-order valence-corrected chi connectivity index (χ2v) is 9.69. The second kappa shape index (κ2) is 14.1. The molecule has 2 aliphatic heterocycles. The summed E-state index contributed by atoms with van der Waals surface area (Å²) in [6.07, 6.45) is -0.874. The van der Waals surface area contributed by atoms with E-state index < -0.39 is 17.3 Å². The van der Waals surface area contributed by atoms with Gasteiger partial charge in [-0.1, -0.05) is 49.2 Å². The molecule has 0 fully saturated rings. The molecule has 0 saturated heterocycles. The molecule has 38 heavy (non-hydrogen) atoms. The third-order valence-electron chi connectivity index (χ3n) is 5.33. The molecular formula is C24H32Cl2N6O6. The molecule has 2 unspecified atom stereocenters. The van der Waals surface area contributed by atoms with Crippen molar-refractivity contribution in [1.82, 2.24) is 10.6 Å². The van der Waals surface area contributed by atoms with Crippen molar-refractivity contribution in [3.05, 3.63) is 56.1 Å². The minimum Gasteiger partial charge on any atom is -0.487 e. The Kier molecular flexibility index (Phi) is 10.9. The van der Waals surface area contributed by atoms with Gasteiger partial charge in [0.2, 0.25) is 0 Å². The minimum atomic E-state index is -0.808. The van der Waals surface area contributed by atoms with Crippen molar-refractivity contribution in [2.24, 2.45) is 4.99 Å². The Balaban J connectivity index is 0.000000230. The molecule has 14 heteroatoms. The number of rotatable bonds is 9. The van der Waals surface area contributed by atoms with Gasteiger partial charge >= 0.3 is 0 Å². The average molecular weight is 571 g/mol. The van der Waals surface area contributed by atoms with Gasteiger partial charge in [0.25, 0.3) is 5.09 Å². The number of nitrogen functional groups attached to an aromatic ring is 1. The third-order valence-corrected chi connectivity index (χ3v) is 5.93. The summed E-state index contributed by atoms with van der Waals surface area (Å²) in [5, 5.41) is 29.7. The highest BCUT2D eigenvalue weighted by molar-refractivity contribution is 6.40. The van der Waals surface area contributed by atoms with Crippen LogP contribution in [0, 0.1) is 10.1 Å². The summed E-state index contributed by atoms with van der Waals surface area (Å²) in [5.41, 5.74) is 7.55. The third kappa shape index (κ3) is 8.98. The molecule has 208 valence electrons. The molecule has 0 amide bonds. The molecule has 0 radical (unpaired) electrons. The van der Waals surface area contributed by atoms with E-state index in [1.165, 1.54) is 0 Å². The number of guanidine groups is 1. The number of nitrogens with one attached hydrogen (secondary N) is 3. The molecule has 6 N–H and O–H groups in total. The molecule has 0 aliphatic carbocycles. The maximum absolute atomic E-state index is 10.4. The number of hydrogen-bond donors (Lipinski definition) is 5. The largest absolute Gasteiger partial charge is 0.487 e. The van der Waals surface area contributed by atoms with Crippen LogP contribution in [0.3, 0.4) is 0 Å². The number of aliphatic hydroxyl groups excluding tert-OH is 1. The van der Waals surface area contributed by atoms with Crippen LogP contribution < -0.4 is 31.2 Å². The van der Waals surface area contributed by atoms with Crippen molar-refractivity contribution < 1.29 is 24.5 Å². The van der Waals surface area contributed by atoms with E-state index >= 15 is 0 Å². The number of nitrogens with zero attached hydrogens (tertiary/aromatic N) is 2. The van der Waals surface area contributed by atoms with Crippen LogP contribution in [0.15, 0.2) is 35.3 Å². The summed E-state index contributed by atoms with van der Waals surface area (Å²) in [6, 6.07) is 8.92. The van der Waals surface area contributed by atoms with Gasteiger partial charge < -0.3 is 41.1 Å². The lowest BCUT2D eigenvalue weighted by Crippen LogP contribution is -2.35. The second-order valence-electron chi connectivity index (χ2n) is 8.88. The van der Waals surface area contributed by atoms with Crippen LogP contribution in [-0.2, 0) is 11.3 Å². The summed E-state index contributed by atoms with van der Waals surface area (Å²) in [6.45, 7) is 6.24. The van der Waals surface area contributed by atoms with E-state index in [2.05, 4.69) is 25.8 Å². The van der Waals surface area contributed by atoms with Gasteiger partial charge in [0.1, 0.15) is 25.4 Å². The molecule has 2 aromatic rings. The van der Waals surface area contributed by atoms with Gasteiger partial charge in [-0.25, -0.2) is 0 Å². The lowest BCUT2D eigenvalue weighted by atomic mass is 10.0. The zero-order valence-corrected chi connectivity index (χ0v) is 22.6. The molecular weight excluding hydrogens is 539 g/mol. The predicted molar refractivity (Wildman–Crippen MR) is 147 cm³/mol. The van der Waals surface area contributed by atoms with Crippen LogP contribution in [0.4, 0.5) is 11.4 Å². The van der Waals surface area contributed by atoms with Crippen molar-refractivity contribution in [2.45, 2.75) is 38.5 Å². The molecule has 4 rings (SSSR count). The Bertz CT molecular complexity index is 1110. The van der Waals surface area contributed by atoms with Crippen molar-refractivity contribution in [2.75, 3.05) is 43.9 Å². The highest BCUT2D eigenvalue weighted by Crippen LogP contribution is 2.35. The van der Waals surface area contributed by atoms with Crippen LogP contribution >= 0.6 is 23.2 Å². The summed E-state index contributed by atoms with van der Waals surface area (Å²) >= 11 is 12.0. The summed E-state index contributed by atoms with van der Waals surface area (Å²) < 4.78 is 11.2. The Morgan fingerprint density at radius 3 is 2.71 bits per heavy atom. The maximum Gasteiger partial charge on any atom is 0.294 e. The topological polar surface area (TPSA) is 166 Å². The molecule has 0 bridgehead atoms. The predicted octanol–water partition coefficient (Wildman–Crippen LogP) is 2.88. The summed E-state index contributed by atoms with van der Waals surface area (Å²) in [5.74, 6) is 1.76. The molecule has 2 aromatic carbocycles. The van der Waals surface area contributed by atoms with Gasteiger partial charge in [0.05, 0.1) is 22.3 Å². The number of halogens is 2. The smallest absolute Gasteiger partial charge is 0.294 e. The molecule has 0 saturated carbocycles. The molecule has 2 heterocycles. The molecule has 0 aromatic heterocycles. The maximum atomic E-state index is 10.4. The van der Waals surface area contributed by atoms with Crippen LogP contribution in [0.2, 0.25) is 10.0 Å². The van der Waals surface area contributed by atoms with Crippen molar-refractivity contribution >= 4 is 40.5 Å². The van der Waals surface area contributed by atoms with E-state index in [-0.39, 0.29) is 19.3 Å². The Morgan fingerprint density at radius 2 is 2.08 bits per heavy atom. The van der Waals surface area contributed by atoms with Gasteiger partial charge in [0, 0.05) is 36.8 Å². The number of ether oxygens (including phenoxy) is 2. The Hall–Kier alpha value is -3.19. The summed E-state index contributed by atoms with van der Waals surface area (Å²) in [7, 11) is 0. The fraction of sp³-hybridized carbons (Fsp3) is 0.458. The molecule has 12 nitrogen and oxygen atoms in total. The van der Waals surface area contributed by atoms with Gasteiger partial charge in [-0.05, 0) is 18.2 Å². The number of anilines is 2. The van der Waals surface area contributed by atoms with E-state index in [0.717, 1.165) is 18.7 Å². The monoisotopic (exact) mass is 570 g/mol. The first-order chi connectivity index (χ1) is 18.1. The van der Waals surface area contributed by atoms with E-state index in [0.29, 0.717) is 51.8 Å². The first-order valence-electron chi connectivity index (χ1n) is 12.0. The number of hydrogen-bond acceptors (Lipinski definition) is 11. The fourth-order valence-corrected chi connectivity index (χ4v) is 4.20. The highest BCUT2D eigenvalue weighted by atomic mass is 35.5. The van der Waals surface area contributed by atoms with Gasteiger partial charge in [-0.3, -0.25) is 4.99 Å². The van der Waals surface area contributed by atoms with Crippen LogP contribution in [-0.4, -0.2) is 67.3 Å². The first-order valence-corrected chi connectivity index (χ1v) is 12.8. The molecule has 2 atom stereocenters. The number of aliphatic hydroxyl groups is 1. The summed E-state index contributed by atoms with van der Waals surface area (Å²) in [4.78, 5) is 19.1. The standard InChI is InChI=1S/C15H22N2O6.C9H10Cl2N4/c1-10(2)16-7-12(18)8-21-14-5-3-4-11-6-13(23-17(19)20)9-22-15(11)14;10-6-3-5(12)4-7(11)8(6)15-9-13-1-2-14-9/h3-5,10,12-13,16,18H,6-9H2,1-2H3;3-4H,1-2,12H2,(H2,13,14,15). The van der Waals surface area contributed by atoms with Crippen LogP contribution in [0.25, 0.3) is 0 Å². The number of aliphatic imine (C=N–C) groups is 1.